The highest BCUT2D eigenvalue weighted by Gasteiger charge is 2.11. The standard InChI is InChI=1S/C15H12N4O2/c1-20-12-5-3-11(4-6-12)19-17-14-8-13(21-2)7-10(9-16)15(14)18-19/h3-8H,1-2H3. The van der Waals surface area contributed by atoms with Crippen LogP contribution in [0.5, 0.6) is 11.5 Å². The Bertz CT molecular complexity index is 831. The van der Waals surface area contributed by atoms with Crippen molar-refractivity contribution in [2.75, 3.05) is 14.2 Å². The molecule has 3 aromatic rings. The molecule has 0 N–H and O–H groups in total. The number of nitrogens with zero attached hydrogens (tertiary/aromatic N) is 4. The molecule has 104 valence electrons. The van der Waals surface area contributed by atoms with Gasteiger partial charge in [0.05, 0.1) is 25.5 Å². The fourth-order valence-electron chi connectivity index (χ4n) is 2.03. The second-order valence-corrected chi connectivity index (χ2v) is 4.34. The lowest BCUT2D eigenvalue weighted by Crippen LogP contribution is -1.98. The summed E-state index contributed by atoms with van der Waals surface area (Å²) in [5.41, 5.74) is 2.38. The van der Waals surface area contributed by atoms with Crippen molar-refractivity contribution in [1.29, 1.82) is 5.26 Å². The van der Waals surface area contributed by atoms with E-state index in [0.29, 0.717) is 22.3 Å². The second kappa shape index (κ2) is 5.13. The zero-order valence-corrected chi connectivity index (χ0v) is 11.6. The molecule has 0 radical (unpaired) electrons. The summed E-state index contributed by atoms with van der Waals surface area (Å²) in [5.74, 6) is 1.34. The van der Waals surface area contributed by atoms with Crippen LogP contribution in [0.3, 0.4) is 0 Å². The molecule has 6 nitrogen and oxygen atoms in total. The van der Waals surface area contributed by atoms with Crippen molar-refractivity contribution in [2.24, 2.45) is 0 Å². The maximum Gasteiger partial charge on any atom is 0.131 e. The van der Waals surface area contributed by atoms with Gasteiger partial charge < -0.3 is 9.47 Å². The van der Waals surface area contributed by atoms with Crippen molar-refractivity contribution in [3.63, 3.8) is 0 Å². The topological polar surface area (TPSA) is 73.0 Å². The number of hydrogen-bond acceptors (Lipinski definition) is 5. The van der Waals surface area contributed by atoms with Crippen LogP contribution in [0, 0.1) is 11.3 Å². The van der Waals surface area contributed by atoms with Crippen molar-refractivity contribution < 1.29 is 9.47 Å². The summed E-state index contributed by atoms with van der Waals surface area (Å²) in [6.07, 6.45) is 0. The third-order valence-corrected chi connectivity index (χ3v) is 3.12. The molecule has 0 spiro atoms. The number of fused-ring (bicyclic) bond motifs is 1. The molecule has 0 aliphatic rings. The first-order valence-corrected chi connectivity index (χ1v) is 6.25. The van der Waals surface area contributed by atoms with Gasteiger partial charge in [-0.2, -0.15) is 10.1 Å². The van der Waals surface area contributed by atoms with Crippen molar-refractivity contribution in [1.82, 2.24) is 15.0 Å². The molecule has 0 amide bonds. The number of ether oxygens (including phenoxy) is 2. The molecular formula is C15H12N4O2. The largest absolute Gasteiger partial charge is 0.497 e. The molecule has 1 aromatic heterocycles. The van der Waals surface area contributed by atoms with Crippen molar-refractivity contribution in [3.05, 3.63) is 42.0 Å². The van der Waals surface area contributed by atoms with Gasteiger partial charge in [0.25, 0.3) is 0 Å². The van der Waals surface area contributed by atoms with Gasteiger partial charge in [0, 0.05) is 12.1 Å². The average molecular weight is 280 g/mol. The predicted octanol–water partition coefficient (Wildman–Crippen LogP) is 2.31. The first-order valence-electron chi connectivity index (χ1n) is 6.25. The summed E-state index contributed by atoms with van der Waals surface area (Å²) >= 11 is 0. The van der Waals surface area contributed by atoms with Crippen molar-refractivity contribution in [3.8, 4) is 23.3 Å². The van der Waals surface area contributed by atoms with E-state index in [1.807, 2.05) is 24.3 Å². The predicted molar refractivity (Wildman–Crippen MR) is 76.7 cm³/mol. The van der Waals surface area contributed by atoms with E-state index in [1.54, 1.807) is 26.4 Å². The number of aromatic nitrogens is 3. The van der Waals surface area contributed by atoms with Crippen LogP contribution < -0.4 is 9.47 Å². The smallest absolute Gasteiger partial charge is 0.131 e. The third-order valence-electron chi connectivity index (χ3n) is 3.12. The molecule has 6 heteroatoms. The molecule has 2 aromatic carbocycles. The average Bonchev–Trinajstić information content (AvgIpc) is 2.97. The summed E-state index contributed by atoms with van der Waals surface area (Å²) < 4.78 is 10.3. The third kappa shape index (κ3) is 2.25. The number of methoxy groups -OCH3 is 2. The highest BCUT2D eigenvalue weighted by Crippen LogP contribution is 2.23. The Morgan fingerprint density at radius 3 is 2.33 bits per heavy atom. The number of rotatable bonds is 3. The Morgan fingerprint density at radius 1 is 1.00 bits per heavy atom. The Balaban J connectivity index is 2.14. The summed E-state index contributed by atoms with van der Waals surface area (Å²) in [6, 6.07) is 12.9. The SMILES string of the molecule is COc1ccc(-n2nc3cc(OC)cc(C#N)c3n2)cc1. The Hall–Kier alpha value is -3.07. The summed E-state index contributed by atoms with van der Waals surface area (Å²) in [6.45, 7) is 0. The van der Waals surface area contributed by atoms with E-state index in [0.717, 1.165) is 11.4 Å². The molecule has 1 heterocycles. The number of nitriles is 1. The first-order chi connectivity index (χ1) is 10.2. The van der Waals surface area contributed by atoms with E-state index < -0.39 is 0 Å². The van der Waals surface area contributed by atoms with Gasteiger partial charge in [0.1, 0.15) is 28.6 Å². The number of hydrogen-bond donors (Lipinski definition) is 0. The fourth-order valence-corrected chi connectivity index (χ4v) is 2.03. The van der Waals surface area contributed by atoms with E-state index in [4.69, 9.17) is 9.47 Å². The lowest BCUT2D eigenvalue weighted by molar-refractivity contribution is 0.414. The van der Waals surface area contributed by atoms with Crippen LogP contribution in [-0.4, -0.2) is 29.2 Å². The van der Waals surface area contributed by atoms with Gasteiger partial charge in [0.2, 0.25) is 0 Å². The quantitative estimate of drug-likeness (QED) is 0.736. The second-order valence-electron chi connectivity index (χ2n) is 4.34. The van der Waals surface area contributed by atoms with Crippen LogP contribution in [0.2, 0.25) is 0 Å². The van der Waals surface area contributed by atoms with Gasteiger partial charge in [-0.05, 0) is 24.3 Å². The Kier molecular flexibility index (Phi) is 3.16. The minimum absolute atomic E-state index is 0.434. The van der Waals surface area contributed by atoms with Crippen LogP contribution in [0.25, 0.3) is 16.7 Å². The van der Waals surface area contributed by atoms with Crippen LogP contribution in [-0.2, 0) is 0 Å². The molecule has 21 heavy (non-hydrogen) atoms. The molecule has 0 saturated heterocycles. The van der Waals surface area contributed by atoms with E-state index in [1.165, 1.54) is 4.80 Å². The van der Waals surface area contributed by atoms with Crippen molar-refractivity contribution >= 4 is 11.0 Å². The van der Waals surface area contributed by atoms with Gasteiger partial charge in [-0.1, -0.05) is 0 Å². The molecule has 0 unspecified atom stereocenters. The maximum absolute atomic E-state index is 9.20. The maximum atomic E-state index is 9.20. The highest BCUT2D eigenvalue weighted by atomic mass is 16.5. The Morgan fingerprint density at radius 2 is 1.71 bits per heavy atom. The molecule has 0 bridgehead atoms. The van der Waals surface area contributed by atoms with E-state index in [-0.39, 0.29) is 0 Å². The van der Waals surface area contributed by atoms with Crippen LogP contribution >= 0.6 is 0 Å². The molecular weight excluding hydrogens is 268 g/mol. The van der Waals surface area contributed by atoms with Crippen LogP contribution in [0.4, 0.5) is 0 Å². The normalized spacial score (nSPS) is 10.3. The Labute approximate surface area is 121 Å². The molecule has 0 aliphatic carbocycles. The van der Waals surface area contributed by atoms with E-state index in [2.05, 4.69) is 16.3 Å². The van der Waals surface area contributed by atoms with Gasteiger partial charge in [-0.25, -0.2) is 0 Å². The minimum atomic E-state index is 0.434. The number of benzene rings is 2. The van der Waals surface area contributed by atoms with Crippen LogP contribution in [0.15, 0.2) is 36.4 Å². The fraction of sp³-hybridized carbons (Fsp3) is 0.133. The first kappa shape index (κ1) is 12.9. The molecule has 3 rings (SSSR count). The monoisotopic (exact) mass is 280 g/mol. The van der Waals surface area contributed by atoms with E-state index in [9.17, 15) is 5.26 Å². The summed E-state index contributed by atoms with van der Waals surface area (Å²) in [4.78, 5) is 1.49. The zero-order valence-electron chi connectivity index (χ0n) is 11.6. The van der Waals surface area contributed by atoms with Gasteiger partial charge in [-0.15, -0.1) is 10.2 Å². The zero-order chi connectivity index (χ0) is 14.8. The lowest BCUT2D eigenvalue weighted by atomic mass is 10.2. The van der Waals surface area contributed by atoms with E-state index >= 15 is 0 Å². The lowest BCUT2D eigenvalue weighted by Gasteiger charge is -2.01. The van der Waals surface area contributed by atoms with Gasteiger partial charge in [0.15, 0.2) is 0 Å². The molecule has 0 atom stereocenters. The minimum Gasteiger partial charge on any atom is -0.497 e. The highest BCUT2D eigenvalue weighted by molar-refractivity contribution is 5.82. The van der Waals surface area contributed by atoms with Crippen molar-refractivity contribution in [2.45, 2.75) is 0 Å². The summed E-state index contributed by atoms with van der Waals surface area (Å²) in [7, 11) is 3.16. The molecule has 0 fully saturated rings. The summed E-state index contributed by atoms with van der Waals surface area (Å²) in [5, 5.41) is 18.0. The molecule has 0 saturated carbocycles. The van der Waals surface area contributed by atoms with Crippen LogP contribution in [0.1, 0.15) is 5.56 Å². The van der Waals surface area contributed by atoms with Gasteiger partial charge >= 0.3 is 0 Å². The molecule has 0 aliphatic heterocycles. The van der Waals surface area contributed by atoms with Gasteiger partial charge in [-0.3, -0.25) is 0 Å².